The molecule has 0 radical (unpaired) electrons. The summed E-state index contributed by atoms with van der Waals surface area (Å²) in [7, 11) is 3.95. The number of aliphatic imine (C=N–C) groups is 1. The van der Waals surface area contributed by atoms with Crippen molar-refractivity contribution in [2.45, 2.75) is 52.3 Å². The average Bonchev–Trinajstić information content (AvgIpc) is 3.05. The molecule has 2 heterocycles. The Balaban J connectivity index is 0.00000420. The van der Waals surface area contributed by atoms with E-state index < -0.39 is 5.60 Å². The summed E-state index contributed by atoms with van der Waals surface area (Å²) in [5.41, 5.74) is 0.617. The van der Waals surface area contributed by atoms with Crippen LogP contribution in [0.15, 0.2) is 23.3 Å². The van der Waals surface area contributed by atoms with Crippen LogP contribution in [0, 0.1) is 0 Å². The summed E-state index contributed by atoms with van der Waals surface area (Å²) in [5.74, 6) is 1.78. The maximum absolute atomic E-state index is 12.0. The Kier molecular flexibility index (Phi) is 9.94. The molecule has 1 fully saturated rings. The molecule has 1 saturated heterocycles. The van der Waals surface area contributed by atoms with Crippen molar-refractivity contribution in [2.24, 2.45) is 4.99 Å². The zero-order chi connectivity index (χ0) is 20.7. The van der Waals surface area contributed by atoms with E-state index in [1.807, 2.05) is 58.1 Å². The fourth-order valence-corrected chi connectivity index (χ4v) is 2.94. The highest BCUT2D eigenvalue weighted by Gasteiger charge is 2.27. The van der Waals surface area contributed by atoms with Gasteiger partial charge in [-0.2, -0.15) is 0 Å². The van der Waals surface area contributed by atoms with E-state index in [0.717, 1.165) is 36.9 Å². The molecule has 1 aliphatic rings. The second-order valence-corrected chi connectivity index (χ2v) is 8.16. The van der Waals surface area contributed by atoms with Crippen molar-refractivity contribution in [3.63, 3.8) is 0 Å². The van der Waals surface area contributed by atoms with Gasteiger partial charge in [0.25, 0.3) is 0 Å². The minimum absolute atomic E-state index is 0. The number of guanidine groups is 1. The largest absolute Gasteiger partial charge is 0.444 e. The fraction of sp³-hybridized carbons (Fsp3) is 0.650. The summed E-state index contributed by atoms with van der Waals surface area (Å²) in [6.07, 6.45) is 2.31. The Morgan fingerprint density at radius 2 is 2.14 bits per heavy atom. The predicted octanol–water partition coefficient (Wildman–Crippen LogP) is 2.83. The molecule has 0 aliphatic carbocycles. The highest BCUT2D eigenvalue weighted by molar-refractivity contribution is 14.0. The lowest BCUT2D eigenvalue weighted by Crippen LogP contribution is -2.44. The SMILES string of the molecule is CCNC(=NCc1ccnc(N(C)C)c1)N1CCC(NC(=O)OC(C)(C)C)C1.I. The summed E-state index contributed by atoms with van der Waals surface area (Å²) in [6.45, 7) is 10.6. The molecule has 2 rings (SSSR count). The number of hydrogen-bond donors (Lipinski definition) is 2. The first kappa shape index (κ1) is 25.3. The fourth-order valence-electron chi connectivity index (χ4n) is 2.94. The molecule has 164 valence electrons. The van der Waals surface area contributed by atoms with Crippen LogP contribution in [0.3, 0.4) is 0 Å². The molecule has 2 N–H and O–H groups in total. The molecule has 29 heavy (non-hydrogen) atoms. The predicted molar refractivity (Wildman–Crippen MR) is 128 cm³/mol. The van der Waals surface area contributed by atoms with E-state index in [0.29, 0.717) is 13.1 Å². The van der Waals surface area contributed by atoms with Crippen LogP contribution in [-0.4, -0.2) is 67.3 Å². The Morgan fingerprint density at radius 1 is 1.41 bits per heavy atom. The van der Waals surface area contributed by atoms with Crippen LogP contribution in [-0.2, 0) is 11.3 Å². The molecule has 1 unspecified atom stereocenters. The number of alkyl carbamates (subject to hydrolysis) is 1. The molecule has 1 amide bonds. The first-order valence-corrected chi connectivity index (χ1v) is 9.83. The van der Waals surface area contributed by atoms with Crippen LogP contribution in [0.25, 0.3) is 0 Å². The minimum atomic E-state index is -0.491. The van der Waals surface area contributed by atoms with E-state index >= 15 is 0 Å². The van der Waals surface area contributed by atoms with Crippen molar-refractivity contribution < 1.29 is 9.53 Å². The lowest BCUT2D eigenvalue weighted by Gasteiger charge is -2.23. The Hall–Kier alpha value is -1.78. The van der Waals surface area contributed by atoms with Crippen LogP contribution >= 0.6 is 24.0 Å². The van der Waals surface area contributed by atoms with Gasteiger partial charge in [-0.15, -0.1) is 24.0 Å². The van der Waals surface area contributed by atoms with Crippen LogP contribution in [0.1, 0.15) is 39.7 Å². The minimum Gasteiger partial charge on any atom is -0.444 e. The number of carbonyl (C=O) groups excluding carboxylic acids is 1. The standard InChI is InChI=1S/C20H34N6O2.HI/c1-7-21-18(23-13-15-8-10-22-17(12-15)25(5)6)26-11-9-16(14-26)24-19(27)28-20(2,3)4;/h8,10,12,16H,7,9,11,13-14H2,1-6H3,(H,21,23)(H,24,27);1H. The van der Waals surface area contributed by atoms with Gasteiger partial charge in [-0.25, -0.2) is 14.8 Å². The van der Waals surface area contributed by atoms with E-state index in [-0.39, 0.29) is 36.1 Å². The normalized spacial score (nSPS) is 16.8. The van der Waals surface area contributed by atoms with Gasteiger partial charge in [0, 0.05) is 39.9 Å². The number of nitrogens with zero attached hydrogens (tertiary/aromatic N) is 4. The molecule has 9 heteroatoms. The number of aromatic nitrogens is 1. The van der Waals surface area contributed by atoms with Crippen molar-refractivity contribution in [1.82, 2.24) is 20.5 Å². The van der Waals surface area contributed by atoms with Gasteiger partial charge in [0.2, 0.25) is 0 Å². The molecule has 1 aromatic heterocycles. The number of likely N-dealkylation sites (tertiary alicyclic amines) is 1. The summed E-state index contributed by atoms with van der Waals surface area (Å²) >= 11 is 0. The van der Waals surface area contributed by atoms with Gasteiger partial charge in [-0.1, -0.05) is 0 Å². The highest BCUT2D eigenvalue weighted by atomic mass is 127. The van der Waals surface area contributed by atoms with Gasteiger partial charge in [0.05, 0.1) is 12.6 Å². The molecule has 1 aliphatic heterocycles. The van der Waals surface area contributed by atoms with Crippen LogP contribution in [0.2, 0.25) is 0 Å². The molecule has 0 saturated carbocycles. The molecule has 0 bridgehead atoms. The monoisotopic (exact) mass is 518 g/mol. The number of anilines is 1. The molecule has 0 aromatic carbocycles. The lowest BCUT2D eigenvalue weighted by atomic mass is 10.2. The maximum Gasteiger partial charge on any atom is 0.407 e. The van der Waals surface area contributed by atoms with Crippen molar-refractivity contribution in [1.29, 1.82) is 0 Å². The van der Waals surface area contributed by atoms with E-state index in [1.54, 1.807) is 0 Å². The number of amides is 1. The van der Waals surface area contributed by atoms with E-state index in [4.69, 9.17) is 9.73 Å². The Labute approximate surface area is 191 Å². The number of halogens is 1. The molecular weight excluding hydrogens is 483 g/mol. The van der Waals surface area contributed by atoms with Gasteiger partial charge >= 0.3 is 6.09 Å². The Bertz CT molecular complexity index is 690. The third-order valence-corrected chi connectivity index (χ3v) is 4.22. The Morgan fingerprint density at radius 3 is 2.76 bits per heavy atom. The number of pyridine rings is 1. The zero-order valence-corrected chi connectivity index (χ0v) is 20.7. The van der Waals surface area contributed by atoms with Crippen LogP contribution < -0.4 is 15.5 Å². The first-order valence-electron chi connectivity index (χ1n) is 9.83. The molecular formula is C20H35IN6O2. The number of carbonyl (C=O) groups is 1. The molecule has 1 aromatic rings. The third kappa shape index (κ3) is 8.63. The third-order valence-electron chi connectivity index (χ3n) is 4.22. The van der Waals surface area contributed by atoms with E-state index in [1.165, 1.54) is 0 Å². The summed E-state index contributed by atoms with van der Waals surface area (Å²) in [5, 5.41) is 6.31. The lowest BCUT2D eigenvalue weighted by molar-refractivity contribution is 0.0507. The van der Waals surface area contributed by atoms with Crippen molar-refractivity contribution in [3.05, 3.63) is 23.9 Å². The van der Waals surface area contributed by atoms with Crippen molar-refractivity contribution >= 4 is 41.8 Å². The second-order valence-electron chi connectivity index (χ2n) is 8.16. The molecule has 1 atom stereocenters. The first-order chi connectivity index (χ1) is 13.2. The van der Waals surface area contributed by atoms with Crippen molar-refractivity contribution in [3.8, 4) is 0 Å². The topological polar surface area (TPSA) is 82.1 Å². The summed E-state index contributed by atoms with van der Waals surface area (Å²) in [6, 6.07) is 4.08. The number of ether oxygens (including phenoxy) is 1. The number of nitrogens with one attached hydrogen (secondary N) is 2. The van der Waals surface area contributed by atoms with Gasteiger partial charge in [-0.05, 0) is 51.8 Å². The van der Waals surface area contributed by atoms with Gasteiger partial charge in [-0.3, -0.25) is 0 Å². The number of rotatable bonds is 5. The summed E-state index contributed by atoms with van der Waals surface area (Å²) < 4.78 is 5.35. The van der Waals surface area contributed by atoms with Gasteiger partial charge < -0.3 is 25.2 Å². The van der Waals surface area contributed by atoms with E-state index in [9.17, 15) is 4.79 Å². The summed E-state index contributed by atoms with van der Waals surface area (Å²) in [4.78, 5) is 25.3. The second kappa shape index (κ2) is 11.4. The van der Waals surface area contributed by atoms with Crippen molar-refractivity contribution in [2.75, 3.05) is 38.6 Å². The van der Waals surface area contributed by atoms with Gasteiger partial charge in [0.1, 0.15) is 11.4 Å². The molecule has 0 spiro atoms. The zero-order valence-electron chi connectivity index (χ0n) is 18.4. The van der Waals surface area contributed by atoms with Crippen LogP contribution in [0.4, 0.5) is 10.6 Å². The maximum atomic E-state index is 12.0. The van der Waals surface area contributed by atoms with Crippen LogP contribution in [0.5, 0.6) is 0 Å². The average molecular weight is 518 g/mol. The highest BCUT2D eigenvalue weighted by Crippen LogP contribution is 2.14. The quantitative estimate of drug-likeness (QED) is 0.355. The smallest absolute Gasteiger partial charge is 0.407 e. The molecule has 8 nitrogen and oxygen atoms in total. The number of hydrogen-bond acceptors (Lipinski definition) is 5. The van der Waals surface area contributed by atoms with E-state index in [2.05, 4.69) is 27.4 Å². The van der Waals surface area contributed by atoms with Gasteiger partial charge in [0.15, 0.2) is 5.96 Å².